The molecule has 0 aromatic carbocycles. The monoisotopic (exact) mass is 290 g/mol. The summed E-state index contributed by atoms with van der Waals surface area (Å²) >= 11 is 0. The van der Waals surface area contributed by atoms with Crippen LogP contribution < -0.4 is 0 Å². The number of hydrogen-bond acceptors (Lipinski definition) is 5. The summed E-state index contributed by atoms with van der Waals surface area (Å²) in [5, 5.41) is 8.34. The van der Waals surface area contributed by atoms with Crippen molar-refractivity contribution in [3.8, 4) is 0 Å². The number of rotatable bonds is 4. The fourth-order valence-corrected chi connectivity index (χ4v) is 2.68. The van der Waals surface area contributed by atoms with Gasteiger partial charge >= 0.3 is 0 Å². The van der Waals surface area contributed by atoms with Gasteiger partial charge in [0.05, 0.1) is 18.7 Å². The van der Waals surface area contributed by atoms with Crippen LogP contribution in [0.4, 0.5) is 0 Å². The van der Waals surface area contributed by atoms with Crippen molar-refractivity contribution in [1.82, 2.24) is 19.7 Å². The maximum Gasteiger partial charge on any atom is 0.230 e. The summed E-state index contributed by atoms with van der Waals surface area (Å²) in [4.78, 5) is 14.2. The Bertz CT molecular complexity index is 620. The first-order chi connectivity index (χ1) is 10.2. The molecule has 1 aliphatic heterocycles. The molecule has 1 atom stereocenters. The Balaban J connectivity index is 1.76. The van der Waals surface area contributed by atoms with Crippen LogP contribution >= 0.6 is 0 Å². The van der Waals surface area contributed by atoms with E-state index in [1.165, 1.54) is 0 Å². The molecule has 7 nitrogen and oxygen atoms in total. The summed E-state index contributed by atoms with van der Waals surface area (Å²) in [5.74, 6) is 2.33. The summed E-state index contributed by atoms with van der Waals surface area (Å²) in [5.41, 5.74) is 0. The molecule has 1 amide bonds. The van der Waals surface area contributed by atoms with E-state index < -0.39 is 0 Å². The maximum atomic E-state index is 12.4. The van der Waals surface area contributed by atoms with E-state index in [1.807, 2.05) is 22.5 Å². The number of methoxy groups -OCH3 is 1. The van der Waals surface area contributed by atoms with Gasteiger partial charge in [-0.05, 0) is 19.1 Å². The molecule has 0 saturated carbocycles. The second-order valence-electron chi connectivity index (χ2n) is 5.08. The van der Waals surface area contributed by atoms with Crippen molar-refractivity contribution in [1.29, 1.82) is 0 Å². The normalized spacial score (nSPS) is 17.8. The molecule has 0 aliphatic carbocycles. The van der Waals surface area contributed by atoms with Crippen LogP contribution in [-0.4, -0.2) is 39.2 Å². The van der Waals surface area contributed by atoms with E-state index in [1.54, 1.807) is 19.4 Å². The fraction of sp³-hybridized carbons (Fsp3) is 0.500. The van der Waals surface area contributed by atoms with Gasteiger partial charge in [0.25, 0.3) is 0 Å². The predicted molar refractivity (Wildman–Crippen MR) is 73.3 cm³/mol. The van der Waals surface area contributed by atoms with Crippen LogP contribution in [0.1, 0.15) is 30.4 Å². The third-order valence-electron chi connectivity index (χ3n) is 3.76. The van der Waals surface area contributed by atoms with Gasteiger partial charge in [-0.1, -0.05) is 0 Å². The van der Waals surface area contributed by atoms with Gasteiger partial charge in [-0.25, -0.2) is 0 Å². The smallest absolute Gasteiger partial charge is 0.230 e. The molecule has 1 aliphatic rings. The number of fused-ring (bicyclic) bond motifs is 1. The zero-order valence-corrected chi connectivity index (χ0v) is 12.2. The number of carbonyl (C=O) groups excluding carboxylic acids is 1. The van der Waals surface area contributed by atoms with Crippen molar-refractivity contribution in [3.05, 3.63) is 35.8 Å². The Morgan fingerprint density at radius 2 is 2.33 bits per heavy atom. The average molecular weight is 290 g/mol. The standard InChI is InChI=1S/C14H18N4O3/c1-10-14-16-15-12(9-20-2)18(14)6-5-17(10)13(19)8-11-4-3-7-21-11/h3-4,7,10H,5-6,8-9H2,1-2H3/t10-/m0/s1. The lowest BCUT2D eigenvalue weighted by atomic mass is 10.1. The van der Waals surface area contributed by atoms with Crippen LogP contribution in [0.3, 0.4) is 0 Å². The lowest BCUT2D eigenvalue weighted by molar-refractivity contribution is -0.134. The van der Waals surface area contributed by atoms with Gasteiger partial charge in [-0.3, -0.25) is 4.79 Å². The summed E-state index contributed by atoms with van der Waals surface area (Å²) < 4.78 is 12.4. The highest BCUT2D eigenvalue weighted by atomic mass is 16.5. The number of amides is 1. The van der Waals surface area contributed by atoms with Gasteiger partial charge in [-0.15, -0.1) is 10.2 Å². The third kappa shape index (κ3) is 2.56. The van der Waals surface area contributed by atoms with Crippen LogP contribution in [-0.2, 0) is 29.1 Å². The van der Waals surface area contributed by atoms with Gasteiger partial charge in [0, 0.05) is 20.2 Å². The zero-order chi connectivity index (χ0) is 14.8. The molecular formula is C14H18N4O3. The first-order valence-corrected chi connectivity index (χ1v) is 6.93. The number of furan rings is 1. The molecule has 0 spiro atoms. The van der Waals surface area contributed by atoms with Gasteiger partial charge in [0.15, 0.2) is 11.6 Å². The largest absolute Gasteiger partial charge is 0.469 e. The number of nitrogens with zero attached hydrogens (tertiary/aromatic N) is 4. The van der Waals surface area contributed by atoms with Gasteiger partial charge in [0.1, 0.15) is 12.4 Å². The summed E-state index contributed by atoms with van der Waals surface area (Å²) in [6, 6.07) is 3.50. The number of carbonyl (C=O) groups is 1. The Morgan fingerprint density at radius 1 is 1.48 bits per heavy atom. The van der Waals surface area contributed by atoms with Crippen molar-refractivity contribution in [2.75, 3.05) is 13.7 Å². The molecule has 0 unspecified atom stereocenters. The van der Waals surface area contributed by atoms with Crippen molar-refractivity contribution in [2.45, 2.75) is 32.5 Å². The average Bonchev–Trinajstić information content (AvgIpc) is 3.10. The third-order valence-corrected chi connectivity index (χ3v) is 3.76. The first kappa shape index (κ1) is 13.8. The molecule has 112 valence electrons. The minimum atomic E-state index is -0.0979. The van der Waals surface area contributed by atoms with E-state index in [9.17, 15) is 4.79 Å². The van der Waals surface area contributed by atoms with Crippen LogP contribution in [0.15, 0.2) is 22.8 Å². The van der Waals surface area contributed by atoms with Gasteiger partial charge in [0.2, 0.25) is 5.91 Å². The van der Waals surface area contributed by atoms with Crippen molar-refractivity contribution >= 4 is 5.91 Å². The molecule has 2 aromatic heterocycles. The van der Waals surface area contributed by atoms with Gasteiger partial charge in [-0.2, -0.15) is 0 Å². The van der Waals surface area contributed by atoms with E-state index >= 15 is 0 Å². The molecule has 2 aromatic rings. The van der Waals surface area contributed by atoms with E-state index in [4.69, 9.17) is 9.15 Å². The minimum absolute atomic E-state index is 0.0417. The molecular weight excluding hydrogens is 272 g/mol. The molecule has 0 saturated heterocycles. The lowest BCUT2D eigenvalue weighted by Gasteiger charge is -2.33. The predicted octanol–water partition coefficient (Wildman–Crippen LogP) is 1.16. The number of aromatic nitrogens is 3. The highest BCUT2D eigenvalue weighted by molar-refractivity contribution is 5.78. The number of hydrogen-bond donors (Lipinski definition) is 0. The van der Waals surface area contributed by atoms with Crippen LogP contribution in [0, 0.1) is 0 Å². The van der Waals surface area contributed by atoms with Crippen LogP contribution in [0.2, 0.25) is 0 Å². The molecule has 0 radical (unpaired) electrons. The molecule has 21 heavy (non-hydrogen) atoms. The van der Waals surface area contributed by atoms with Crippen molar-refractivity contribution < 1.29 is 13.9 Å². The molecule has 7 heteroatoms. The highest BCUT2D eigenvalue weighted by Gasteiger charge is 2.31. The first-order valence-electron chi connectivity index (χ1n) is 6.93. The number of ether oxygens (including phenoxy) is 1. The molecule has 3 rings (SSSR count). The Labute approximate surface area is 122 Å². The van der Waals surface area contributed by atoms with E-state index in [0.29, 0.717) is 25.5 Å². The second-order valence-corrected chi connectivity index (χ2v) is 5.08. The van der Waals surface area contributed by atoms with E-state index in [2.05, 4.69) is 10.2 Å². The Morgan fingerprint density at radius 3 is 3.05 bits per heavy atom. The Hall–Kier alpha value is -2.15. The quantitative estimate of drug-likeness (QED) is 0.845. The molecule has 3 heterocycles. The summed E-state index contributed by atoms with van der Waals surface area (Å²) in [6.07, 6.45) is 1.85. The SMILES string of the molecule is COCc1nnc2n1CCN(C(=O)Cc1ccco1)[C@H]2C. The topological polar surface area (TPSA) is 73.4 Å². The second kappa shape index (κ2) is 5.69. The van der Waals surface area contributed by atoms with Crippen molar-refractivity contribution in [2.24, 2.45) is 0 Å². The highest BCUT2D eigenvalue weighted by Crippen LogP contribution is 2.25. The molecule has 0 bridgehead atoms. The van der Waals surface area contributed by atoms with Crippen LogP contribution in [0.5, 0.6) is 0 Å². The van der Waals surface area contributed by atoms with E-state index in [-0.39, 0.29) is 18.4 Å². The fourth-order valence-electron chi connectivity index (χ4n) is 2.68. The summed E-state index contributed by atoms with van der Waals surface area (Å²) in [6.45, 7) is 3.73. The van der Waals surface area contributed by atoms with Crippen LogP contribution in [0.25, 0.3) is 0 Å². The molecule has 0 fully saturated rings. The summed E-state index contributed by atoms with van der Waals surface area (Å²) in [7, 11) is 1.63. The maximum absolute atomic E-state index is 12.4. The van der Waals surface area contributed by atoms with Crippen molar-refractivity contribution in [3.63, 3.8) is 0 Å². The molecule has 0 N–H and O–H groups in total. The minimum Gasteiger partial charge on any atom is -0.469 e. The zero-order valence-electron chi connectivity index (χ0n) is 12.2. The Kier molecular flexibility index (Phi) is 3.74. The lowest BCUT2D eigenvalue weighted by Crippen LogP contribution is -2.42. The van der Waals surface area contributed by atoms with E-state index in [0.717, 1.165) is 11.6 Å². The van der Waals surface area contributed by atoms with Gasteiger partial charge < -0.3 is 18.6 Å².